The fourth-order valence-electron chi connectivity index (χ4n) is 3.84. The molecule has 200 valence electrons. The zero-order valence-corrected chi connectivity index (χ0v) is 20.8. The number of nitrogens with zero attached hydrogens (tertiary/aromatic N) is 2. The van der Waals surface area contributed by atoms with E-state index < -0.39 is 28.9 Å². The first-order chi connectivity index (χ1) is 19.4. The Balaban J connectivity index is 1.45. The van der Waals surface area contributed by atoms with Gasteiger partial charge in [-0.05, 0) is 84.4 Å². The second-order valence-electron chi connectivity index (χ2n) is 8.65. The monoisotopic (exact) mass is 542 g/mol. The molecule has 5 aromatic rings. The molecule has 0 aliphatic rings. The molecule has 1 heterocycles. The number of halogens is 3. The first kappa shape index (κ1) is 26.2. The van der Waals surface area contributed by atoms with Crippen LogP contribution in [0.2, 0.25) is 0 Å². The van der Waals surface area contributed by atoms with Crippen molar-refractivity contribution in [2.75, 3.05) is 5.32 Å². The van der Waals surface area contributed by atoms with Crippen LogP contribution in [0.3, 0.4) is 0 Å². The minimum absolute atomic E-state index is 0.0269. The van der Waals surface area contributed by atoms with Crippen LogP contribution in [0.4, 0.5) is 24.5 Å². The minimum Gasteiger partial charge on any atom is -0.453 e. The van der Waals surface area contributed by atoms with Gasteiger partial charge in [0, 0.05) is 17.8 Å². The lowest BCUT2D eigenvalue weighted by molar-refractivity contribution is 0.0951. The van der Waals surface area contributed by atoms with E-state index in [9.17, 15) is 22.8 Å². The molecule has 0 spiro atoms. The molecular formula is C30H21F3N4O3. The van der Waals surface area contributed by atoms with E-state index in [1.54, 1.807) is 30.3 Å². The summed E-state index contributed by atoms with van der Waals surface area (Å²) in [6.45, 7) is 0.122. The molecule has 10 heteroatoms. The standard InChI is InChI=1S/C30H21F3N4O3/c31-21-7-11-25(12-8-21)37-30(39)28(27(18-35-37)40-26-13-9-22(32)10-14-26)36-24-6-2-4-20(16-24)29(38)34-17-19-3-1-5-23(33)15-19/h1-16,18,36H,17H2,(H,34,38). The van der Waals surface area contributed by atoms with Gasteiger partial charge in [-0.3, -0.25) is 9.59 Å². The van der Waals surface area contributed by atoms with Gasteiger partial charge in [-0.1, -0.05) is 18.2 Å². The predicted octanol–water partition coefficient (Wildman–Crippen LogP) is 6.12. The Hall–Kier alpha value is -5.38. The van der Waals surface area contributed by atoms with Gasteiger partial charge in [0.05, 0.1) is 11.9 Å². The molecule has 0 saturated heterocycles. The Morgan fingerprint density at radius 1 is 0.825 bits per heavy atom. The van der Waals surface area contributed by atoms with E-state index in [4.69, 9.17) is 4.74 Å². The van der Waals surface area contributed by atoms with Crippen LogP contribution in [0.5, 0.6) is 11.5 Å². The summed E-state index contributed by atoms with van der Waals surface area (Å²) in [5.41, 5.74) is 0.941. The number of aromatic nitrogens is 2. The zero-order chi connectivity index (χ0) is 28.1. The average Bonchev–Trinajstić information content (AvgIpc) is 2.96. The highest BCUT2D eigenvalue weighted by Crippen LogP contribution is 2.29. The van der Waals surface area contributed by atoms with Gasteiger partial charge in [-0.25, -0.2) is 13.2 Å². The molecule has 1 aromatic heterocycles. The van der Waals surface area contributed by atoms with Crippen LogP contribution in [-0.4, -0.2) is 15.7 Å². The number of ether oxygens (including phenoxy) is 1. The fraction of sp³-hybridized carbons (Fsp3) is 0.0333. The van der Waals surface area contributed by atoms with E-state index in [0.29, 0.717) is 16.9 Å². The number of carbonyl (C=O) groups excluding carboxylic acids is 1. The Morgan fingerprint density at radius 3 is 2.25 bits per heavy atom. The molecule has 0 radical (unpaired) electrons. The van der Waals surface area contributed by atoms with Crippen LogP contribution in [0.15, 0.2) is 108 Å². The van der Waals surface area contributed by atoms with Crippen molar-refractivity contribution < 1.29 is 22.7 Å². The predicted molar refractivity (Wildman–Crippen MR) is 144 cm³/mol. The topological polar surface area (TPSA) is 85.2 Å². The Labute approximate surface area is 226 Å². The van der Waals surface area contributed by atoms with Crippen molar-refractivity contribution in [1.29, 1.82) is 0 Å². The van der Waals surface area contributed by atoms with Gasteiger partial charge in [0.1, 0.15) is 23.2 Å². The molecule has 0 saturated carbocycles. The van der Waals surface area contributed by atoms with Crippen molar-refractivity contribution in [3.63, 3.8) is 0 Å². The quantitative estimate of drug-likeness (QED) is 0.247. The molecule has 7 nitrogen and oxygen atoms in total. The Morgan fingerprint density at radius 2 is 1.52 bits per heavy atom. The molecule has 0 aliphatic carbocycles. The summed E-state index contributed by atoms with van der Waals surface area (Å²) in [7, 11) is 0. The maximum atomic E-state index is 13.5. The normalized spacial score (nSPS) is 10.7. The van der Waals surface area contributed by atoms with Crippen LogP contribution in [0, 0.1) is 17.5 Å². The number of benzene rings is 4. The number of rotatable bonds is 8. The summed E-state index contributed by atoms with van der Waals surface area (Å²) in [5.74, 6) is -1.44. The molecule has 5 rings (SSSR count). The smallest absolute Gasteiger partial charge is 0.299 e. The van der Waals surface area contributed by atoms with E-state index in [1.807, 2.05) is 0 Å². The average molecular weight is 543 g/mol. The molecule has 40 heavy (non-hydrogen) atoms. The van der Waals surface area contributed by atoms with Gasteiger partial charge in [0.25, 0.3) is 11.5 Å². The SMILES string of the molecule is O=C(NCc1cccc(F)c1)c1cccc(Nc2c(Oc3ccc(F)cc3)cnn(-c3ccc(F)cc3)c2=O)c1. The molecule has 4 aromatic carbocycles. The van der Waals surface area contributed by atoms with Gasteiger partial charge < -0.3 is 15.4 Å². The number of amides is 1. The molecule has 2 N–H and O–H groups in total. The first-order valence-corrected chi connectivity index (χ1v) is 12.1. The first-order valence-electron chi connectivity index (χ1n) is 12.1. The summed E-state index contributed by atoms with van der Waals surface area (Å²) in [5, 5.41) is 9.88. The van der Waals surface area contributed by atoms with Crippen molar-refractivity contribution in [2.24, 2.45) is 0 Å². The summed E-state index contributed by atoms with van der Waals surface area (Å²) in [4.78, 5) is 26.3. The van der Waals surface area contributed by atoms with Crippen molar-refractivity contribution in [3.8, 4) is 17.2 Å². The second-order valence-corrected chi connectivity index (χ2v) is 8.65. The summed E-state index contributed by atoms with van der Waals surface area (Å²) in [6, 6.07) is 22.7. The molecule has 0 aliphatic heterocycles. The van der Waals surface area contributed by atoms with E-state index >= 15 is 0 Å². The van der Waals surface area contributed by atoms with Gasteiger partial charge in [0.15, 0.2) is 11.4 Å². The number of nitrogens with one attached hydrogen (secondary N) is 2. The minimum atomic E-state index is -0.618. The van der Waals surface area contributed by atoms with E-state index in [1.165, 1.54) is 72.9 Å². The van der Waals surface area contributed by atoms with Crippen LogP contribution in [0.25, 0.3) is 5.69 Å². The maximum absolute atomic E-state index is 13.5. The van der Waals surface area contributed by atoms with E-state index in [2.05, 4.69) is 15.7 Å². The van der Waals surface area contributed by atoms with Crippen LogP contribution >= 0.6 is 0 Å². The van der Waals surface area contributed by atoms with Crippen molar-refractivity contribution in [3.05, 3.63) is 142 Å². The highest BCUT2D eigenvalue weighted by Gasteiger charge is 2.16. The van der Waals surface area contributed by atoms with Crippen LogP contribution < -0.4 is 20.9 Å². The highest BCUT2D eigenvalue weighted by atomic mass is 19.1. The third kappa shape index (κ3) is 6.18. The van der Waals surface area contributed by atoms with Gasteiger partial charge in [-0.15, -0.1) is 0 Å². The van der Waals surface area contributed by atoms with Crippen molar-refractivity contribution in [2.45, 2.75) is 6.54 Å². The third-order valence-electron chi connectivity index (χ3n) is 5.79. The number of hydrogen-bond acceptors (Lipinski definition) is 5. The maximum Gasteiger partial charge on any atom is 0.299 e. The lowest BCUT2D eigenvalue weighted by Crippen LogP contribution is -2.24. The Kier molecular flexibility index (Phi) is 7.58. The van der Waals surface area contributed by atoms with Crippen molar-refractivity contribution in [1.82, 2.24) is 15.1 Å². The molecule has 0 bridgehead atoms. The van der Waals surface area contributed by atoms with Crippen molar-refractivity contribution >= 4 is 17.3 Å². The lowest BCUT2D eigenvalue weighted by Gasteiger charge is -2.15. The largest absolute Gasteiger partial charge is 0.453 e. The van der Waals surface area contributed by atoms with E-state index in [-0.39, 0.29) is 29.3 Å². The van der Waals surface area contributed by atoms with Crippen LogP contribution in [0.1, 0.15) is 15.9 Å². The zero-order valence-electron chi connectivity index (χ0n) is 20.8. The molecule has 0 fully saturated rings. The molecule has 0 atom stereocenters. The highest BCUT2D eigenvalue weighted by molar-refractivity contribution is 5.95. The molecule has 0 unspecified atom stereocenters. The van der Waals surface area contributed by atoms with Gasteiger partial charge >= 0.3 is 0 Å². The van der Waals surface area contributed by atoms with E-state index in [0.717, 1.165) is 4.68 Å². The molecule has 1 amide bonds. The number of hydrogen-bond donors (Lipinski definition) is 2. The summed E-state index contributed by atoms with van der Waals surface area (Å²) >= 11 is 0. The van der Waals surface area contributed by atoms with Gasteiger partial charge in [0.2, 0.25) is 0 Å². The summed E-state index contributed by atoms with van der Waals surface area (Å²) in [6.07, 6.45) is 1.30. The number of anilines is 2. The summed E-state index contributed by atoms with van der Waals surface area (Å²) < 4.78 is 47.2. The van der Waals surface area contributed by atoms with Gasteiger partial charge in [-0.2, -0.15) is 9.78 Å². The fourth-order valence-corrected chi connectivity index (χ4v) is 3.84. The van der Waals surface area contributed by atoms with Crippen LogP contribution in [-0.2, 0) is 6.54 Å². The molecular weight excluding hydrogens is 521 g/mol. The number of carbonyl (C=O) groups is 1. The third-order valence-corrected chi connectivity index (χ3v) is 5.79. The lowest BCUT2D eigenvalue weighted by atomic mass is 10.1. The Bertz CT molecular complexity index is 1720. The second kappa shape index (κ2) is 11.6.